The van der Waals surface area contributed by atoms with Gasteiger partial charge in [0.25, 0.3) is 0 Å². The van der Waals surface area contributed by atoms with Crippen LogP contribution in [0.15, 0.2) is 67.0 Å². The smallest absolute Gasteiger partial charge is 0.233 e. The average molecular weight is 429 g/mol. The van der Waals surface area contributed by atoms with Crippen LogP contribution in [-0.4, -0.2) is 20.9 Å². The normalized spacial score (nSPS) is 15.2. The lowest BCUT2D eigenvalue weighted by molar-refractivity contribution is -0.118. The third-order valence-corrected chi connectivity index (χ3v) is 6.90. The van der Waals surface area contributed by atoms with Crippen molar-refractivity contribution in [3.63, 3.8) is 0 Å². The Hall–Kier alpha value is -3.12. The number of hydrogen-bond donors (Lipinski definition) is 1. The van der Waals surface area contributed by atoms with Crippen LogP contribution in [0, 0.1) is 5.92 Å². The molecule has 3 heterocycles. The monoisotopic (exact) mass is 428 g/mol. The van der Waals surface area contributed by atoms with Gasteiger partial charge in [-0.15, -0.1) is 0 Å². The number of pyridine rings is 2. The van der Waals surface area contributed by atoms with Gasteiger partial charge in [-0.1, -0.05) is 67.4 Å². The van der Waals surface area contributed by atoms with Gasteiger partial charge in [0.2, 0.25) is 5.91 Å². The summed E-state index contributed by atoms with van der Waals surface area (Å²) in [6.45, 7) is 0. The number of carbonyl (C=O) groups excluding carboxylic acids is 1. The van der Waals surface area contributed by atoms with Crippen LogP contribution >= 0.6 is 11.3 Å². The van der Waals surface area contributed by atoms with Gasteiger partial charge in [-0.3, -0.25) is 9.78 Å². The van der Waals surface area contributed by atoms with E-state index in [0.717, 1.165) is 33.6 Å². The lowest BCUT2D eigenvalue weighted by atomic mass is 9.87. The minimum Gasteiger partial charge on any atom is -0.301 e. The second-order valence-electron chi connectivity index (χ2n) is 8.11. The molecule has 0 unspecified atom stereocenters. The molecule has 1 saturated carbocycles. The van der Waals surface area contributed by atoms with Crippen LogP contribution in [-0.2, 0) is 4.79 Å². The molecule has 31 heavy (non-hydrogen) atoms. The van der Waals surface area contributed by atoms with E-state index in [1.54, 1.807) is 12.4 Å². The number of thiazole rings is 1. The van der Waals surface area contributed by atoms with E-state index in [2.05, 4.69) is 27.4 Å². The zero-order chi connectivity index (χ0) is 21.0. The van der Waals surface area contributed by atoms with E-state index in [4.69, 9.17) is 4.98 Å². The van der Waals surface area contributed by atoms with Crippen molar-refractivity contribution < 1.29 is 4.79 Å². The van der Waals surface area contributed by atoms with Crippen LogP contribution in [0.1, 0.15) is 43.6 Å². The predicted molar refractivity (Wildman–Crippen MR) is 125 cm³/mol. The summed E-state index contributed by atoms with van der Waals surface area (Å²) in [6, 6.07) is 17.9. The molecular formula is C25H24N4OS. The number of carbonyl (C=O) groups is 1. The molecule has 156 valence electrons. The summed E-state index contributed by atoms with van der Waals surface area (Å²) in [4.78, 5) is 27.5. The first-order valence-corrected chi connectivity index (χ1v) is 11.6. The van der Waals surface area contributed by atoms with Crippen molar-refractivity contribution in [3.8, 4) is 11.3 Å². The minimum atomic E-state index is -0.156. The standard InChI is InChI=1S/C25H24N4OS/c30-23(20(16-17-6-4-5-7-17)18-8-2-1-3-9-18)29-25-28-22-11-10-21(27-24(22)31-25)19-12-14-26-15-13-19/h1-3,8-15,17,20H,4-7,16H2,(H,28,29,30)/t20-/m1/s1. The number of hydrogen-bond acceptors (Lipinski definition) is 5. The molecule has 0 aliphatic heterocycles. The van der Waals surface area contributed by atoms with Gasteiger partial charge in [0.05, 0.1) is 11.6 Å². The van der Waals surface area contributed by atoms with E-state index < -0.39 is 0 Å². The number of nitrogens with one attached hydrogen (secondary N) is 1. The maximum atomic E-state index is 13.3. The summed E-state index contributed by atoms with van der Waals surface area (Å²) in [5.41, 5.74) is 3.76. The van der Waals surface area contributed by atoms with Crippen LogP contribution in [0.2, 0.25) is 0 Å². The number of rotatable bonds is 6. The zero-order valence-corrected chi connectivity index (χ0v) is 18.0. The molecule has 3 aromatic heterocycles. The molecule has 1 aromatic carbocycles. The summed E-state index contributed by atoms with van der Waals surface area (Å²) >= 11 is 1.42. The highest BCUT2D eigenvalue weighted by molar-refractivity contribution is 7.22. The summed E-state index contributed by atoms with van der Waals surface area (Å²) < 4.78 is 0. The molecule has 0 bridgehead atoms. The van der Waals surface area contributed by atoms with Crippen LogP contribution in [0.3, 0.4) is 0 Å². The molecule has 1 N–H and O–H groups in total. The molecule has 4 aromatic rings. The molecule has 1 amide bonds. The fraction of sp³-hybridized carbons (Fsp3) is 0.280. The Balaban J connectivity index is 1.38. The third kappa shape index (κ3) is 4.49. The van der Waals surface area contributed by atoms with Crippen molar-refractivity contribution >= 4 is 32.7 Å². The van der Waals surface area contributed by atoms with Crippen molar-refractivity contribution in [2.45, 2.75) is 38.0 Å². The Kier molecular flexibility index (Phi) is 5.71. The van der Waals surface area contributed by atoms with Crippen LogP contribution in [0.25, 0.3) is 21.6 Å². The Morgan fingerprint density at radius 3 is 2.55 bits per heavy atom. The molecule has 1 aliphatic carbocycles. The van der Waals surface area contributed by atoms with Gasteiger partial charge in [-0.05, 0) is 42.2 Å². The van der Waals surface area contributed by atoms with E-state index in [9.17, 15) is 4.79 Å². The first kappa shape index (κ1) is 19.8. The topological polar surface area (TPSA) is 67.8 Å². The lowest BCUT2D eigenvalue weighted by Gasteiger charge is -2.20. The highest BCUT2D eigenvalue weighted by atomic mass is 32.1. The lowest BCUT2D eigenvalue weighted by Crippen LogP contribution is -2.23. The molecule has 1 aliphatic rings. The van der Waals surface area contributed by atoms with Gasteiger partial charge < -0.3 is 5.32 Å². The molecule has 0 spiro atoms. The number of aromatic nitrogens is 3. The van der Waals surface area contributed by atoms with Gasteiger partial charge in [-0.2, -0.15) is 0 Å². The maximum absolute atomic E-state index is 13.3. The average Bonchev–Trinajstić information content (AvgIpc) is 3.47. The number of benzene rings is 1. The predicted octanol–water partition coefficient (Wildman–Crippen LogP) is 6.06. The van der Waals surface area contributed by atoms with Crippen molar-refractivity contribution in [2.75, 3.05) is 5.32 Å². The number of nitrogens with zero attached hydrogens (tertiary/aromatic N) is 3. The maximum Gasteiger partial charge on any atom is 0.233 e. The Labute approximate surface area is 185 Å². The van der Waals surface area contributed by atoms with Gasteiger partial charge in [0.15, 0.2) is 5.13 Å². The SMILES string of the molecule is O=C(Nc1nc2ccc(-c3ccncc3)nc2s1)[C@H](CC1CCCC1)c1ccccc1. The fourth-order valence-electron chi connectivity index (χ4n) is 4.41. The molecule has 1 fully saturated rings. The quantitative estimate of drug-likeness (QED) is 0.405. The van der Waals surface area contributed by atoms with Crippen molar-refractivity contribution in [3.05, 3.63) is 72.6 Å². The highest BCUT2D eigenvalue weighted by Crippen LogP contribution is 2.35. The van der Waals surface area contributed by atoms with E-state index >= 15 is 0 Å². The summed E-state index contributed by atoms with van der Waals surface area (Å²) in [5.74, 6) is 0.485. The summed E-state index contributed by atoms with van der Waals surface area (Å²) in [5, 5.41) is 3.69. The molecule has 5 rings (SSSR count). The van der Waals surface area contributed by atoms with Gasteiger partial charge in [0.1, 0.15) is 10.3 Å². The molecule has 1 atom stereocenters. The molecule has 0 radical (unpaired) electrons. The van der Waals surface area contributed by atoms with E-state index in [1.807, 2.05) is 42.5 Å². The van der Waals surface area contributed by atoms with Crippen LogP contribution in [0.5, 0.6) is 0 Å². The molecular weight excluding hydrogens is 404 g/mol. The minimum absolute atomic E-state index is 0.0199. The molecule has 0 saturated heterocycles. The van der Waals surface area contributed by atoms with Crippen LogP contribution < -0.4 is 5.32 Å². The van der Waals surface area contributed by atoms with E-state index in [0.29, 0.717) is 11.0 Å². The Bertz CT molecular complexity index is 1170. The van der Waals surface area contributed by atoms with E-state index in [1.165, 1.54) is 37.0 Å². The second-order valence-corrected chi connectivity index (χ2v) is 9.09. The van der Waals surface area contributed by atoms with Crippen molar-refractivity contribution in [1.29, 1.82) is 0 Å². The van der Waals surface area contributed by atoms with Gasteiger partial charge in [0, 0.05) is 18.0 Å². The summed E-state index contributed by atoms with van der Waals surface area (Å²) in [6.07, 6.45) is 9.40. The second kappa shape index (κ2) is 8.94. The summed E-state index contributed by atoms with van der Waals surface area (Å²) in [7, 11) is 0. The third-order valence-electron chi connectivity index (χ3n) is 6.02. The van der Waals surface area contributed by atoms with Crippen LogP contribution in [0.4, 0.5) is 5.13 Å². The van der Waals surface area contributed by atoms with Gasteiger partial charge in [-0.25, -0.2) is 9.97 Å². The Morgan fingerprint density at radius 1 is 1.00 bits per heavy atom. The van der Waals surface area contributed by atoms with Crippen molar-refractivity contribution in [2.24, 2.45) is 5.92 Å². The molecule has 6 heteroatoms. The van der Waals surface area contributed by atoms with Gasteiger partial charge >= 0.3 is 0 Å². The Morgan fingerprint density at radius 2 is 1.77 bits per heavy atom. The van der Waals surface area contributed by atoms with Crippen molar-refractivity contribution in [1.82, 2.24) is 15.0 Å². The fourth-order valence-corrected chi connectivity index (χ4v) is 5.25. The largest absolute Gasteiger partial charge is 0.301 e. The highest BCUT2D eigenvalue weighted by Gasteiger charge is 2.27. The molecule has 5 nitrogen and oxygen atoms in total. The number of fused-ring (bicyclic) bond motifs is 1. The number of anilines is 1. The van der Waals surface area contributed by atoms with E-state index in [-0.39, 0.29) is 11.8 Å². The zero-order valence-electron chi connectivity index (χ0n) is 17.2. The first-order valence-electron chi connectivity index (χ1n) is 10.8. The first-order chi connectivity index (χ1) is 15.3. The number of amides is 1.